The first-order valence-corrected chi connectivity index (χ1v) is 38.6. The fourth-order valence-corrected chi connectivity index (χ4v) is 15.3. The van der Waals surface area contributed by atoms with E-state index in [4.69, 9.17) is 0 Å². The van der Waals surface area contributed by atoms with Gasteiger partial charge in [0.05, 0.1) is 33.4 Å². The van der Waals surface area contributed by atoms with Gasteiger partial charge in [-0.2, -0.15) is 0 Å². The lowest BCUT2D eigenvalue weighted by molar-refractivity contribution is 0.0686. The third-order valence-corrected chi connectivity index (χ3v) is 21.6. The molecule has 0 fully saturated rings. The van der Waals surface area contributed by atoms with Gasteiger partial charge in [0.25, 0.3) is 0 Å². The second-order valence-corrected chi connectivity index (χ2v) is 29.2. The number of rotatable bonds is 12. The van der Waals surface area contributed by atoms with Crippen molar-refractivity contribution in [3.05, 3.63) is 461 Å². The van der Waals surface area contributed by atoms with Crippen molar-refractivity contribution >= 4 is 35.8 Å². The van der Waals surface area contributed by atoms with E-state index in [1.165, 1.54) is 72.8 Å². The molecule has 574 valence electrons. The van der Waals surface area contributed by atoms with Crippen LogP contribution in [0.5, 0.6) is 0 Å². The Labute approximate surface area is 701 Å². The average Bonchev–Trinajstić information content (AvgIpc) is 0.686. The number of carboxylic acid groups (broad SMARTS) is 6. The maximum absolute atomic E-state index is 11.7. The van der Waals surface area contributed by atoms with E-state index < -0.39 is 47.7 Å². The van der Waals surface area contributed by atoms with Gasteiger partial charge in [-0.3, -0.25) is 0 Å². The minimum Gasteiger partial charge on any atom is -0.478 e. The van der Waals surface area contributed by atoms with Gasteiger partial charge in [0.2, 0.25) is 0 Å². The molecule has 12 heteroatoms. The van der Waals surface area contributed by atoms with Gasteiger partial charge in [-0.15, -0.1) is 0 Å². The van der Waals surface area contributed by atoms with Gasteiger partial charge in [-0.25, -0.2) is 28.8 Å². The molecule has 0 heterocycles. The lowest BCUT2D eigenvalue weighted by Crippen LogP contribution is -2.28. The van der Waals surface area contributed by atoms with Crippen LogP contribution in [-0.2, 0) is 0 Å². The second kappa shape index (κ2) is 33.4. The Morgan fingerprint density at radius 3 is 0.352 bits per heavy atom. The van der Waals surface area contributed by atoms with E-state index in [9.17, 15) is 59.4 Å². The van der Waals surface area contributed by atoms with Crippen LogP contribution in [0.2, 0.25) is 0 Å². The summed E-state index contributed by atoms with van der Waals surface area (Å²) >= 11 is 0. The zero-order valence-corrected chi connectivity index (χ0v) is 64.5. The molecular formula is C110H62O12. The van der Waals surface area contributed by atoms with Crippen LogP contribution in [0, 0.1) is 71.0 Å². The fraction of sp³-hybridized carbons (Fsp3) is 0.0182. The van der Waals surface area contributed by atoms with Crippen LogP contribution in [0.15, 0.2) is 328 Å². The molecule has 12 nitrogen and oxygen atoms in total. The molecule has 0 unspecified atom stereocenters. The van der Waals surface area contributed by atoms with Crippen LogP contribution in [0.25, 0.3) is 66.8 Å². The Bertz CT molecular complexity index is 6080. The maximum atomic E-state index is 11.7. The van der Waals surface area contributed by atoms with E-state index in [-0.39, 0.29) is 33.4 Å². The molecule has 0 radical (unpaired) electrons. The molecule has 15 aromatic rings. The highest BCUT2D eigenvalue weighted by Crippen LogP contribution is 2.60. The van der Waals surface area contributed by atoms with Crippen LogP contribution >= 0.6 is 0 Å². The second-order valence-electron chi connectivity index (χ2n) is 29.2. The standard InChI is InChI=1S/C110H62O12/c111-105(112)85-49-25-73(26-50-85)7-1-67-13-37-79(38-14-67)91-61-97-98(62-92(91)80-39-15-68(16-40-80)2-8-74-27-51-86(52-28-74)106(113)114)104-101-65-95(83-45-21-71(22-46-83)5-11-77-33-57-89(58-34-77)109(119)120)93(81-41-17-69(18-42-81)3-9-75-29-53-87(54-30-75)107(115)116)63-99(101)103(97)100-64-94(82-43-19-70(20-44-82)4-10-76-31-55-88(56-32-76)108(117)118)96(66-102(100)104)84-47-23-72(24-48-84)6-12-78-35-59-90(60-36-78)110(121)122/h13-66,103-104H,(H,111,112)(H,113,114)(H,115,116)(H,117,118)(H,119,120)(H,121,122). The zero-order chi connectivity index (χ0) is 84.1. The van der Waals surface area contributed by atoms with Crippen molar-refractivity contribution < 1.29 is 59.4 Å². The van der Waals surface area contributed by atoms with Crippen LogP contribution in [-0.4, -0.2) is 66.5 Å². The Morgan fingerprint density at radius 1 is 0.156 bits per heavy atom. The molecule has 15 aromatic carbocycles. The highest BCUT2D eigenvalue weighted by molar-refractivity contribution is 5.95. The number of aromatic carboxylic acids is 6. The molecule has 18 rings (SSSR count). The Kier molecular flexibility index (Phi) is 21.1. The molecule has 0 spiro atoms. The molecule has 3 aliphatic carbocycles. The molecule has 122 heavy (non-hydrogen) atoms. The third-order valence-electron chi connectivity index (χ3n) is 21.6. The summed E-state index contributed by atoms with van der Waals surface area (Å²) in [6, 6.07) is 102. The predicted molar refractivity (Wildman–Crippen MR) is 470 cm³/mol. The summed E-state index contributed by atoms with van der Waals surface area (Å²) in [6.45, 7) is 0. The molecule has 0 amide bonds. The topological polar surface area (TPSA) is 224 Å². The van der Waals surface area contributed by atoms with Gasteiger partial charge in [0.15, 0.2) is 0 Å². The van der Waals surface area contributed by atoms with Crippen molar-refractivity contribution in [1.82, 2.24) is 0 Å². The summed E-state index contributed by atoms with van der Waals surface area (Å²) < 4.78 is 0. The first-order valence-electron chi connectivity index (χ1n) is 38.6. The molecule has 0 atom stereocenters. The van der Waals surface area contributed by atoms with Gasteiger partial charge >= 0.3 is 35.8 Å². The fourth-order valence-electron chi connectivity index (χ4n) is 15.3. The van der Waals surface area contributed by atoms with E-state index in [0.717, 1.165) is 134 Å². The van der Waals surface area contributed by atoms with Crippen molar-refractivity contribution in [1.29, 1.82) is 0 Å². The van der Waals surface area contributed by atoms with Crippen LogP contribution in [0.3, 0.4) is 0 Å². The van der Waals surface area contributed by atoms with E-state index in [1.807, 2.05) is 72.8 Å². The summed E-state index contributed by atoms with van der Waals surface area (Å²) in [5.74, 6) is 32.0. The van der Waals surface area contributed by atoms with Crippen molar-refractivity contribution in [2.45, 2.75) is 11.8 Å². The smallest absolute Gasteiger partial charge is 0.335 e. The van der Waals surface area contributed by atoms with Gasteiger partial charge in [0.1, 0.15) is 0 Å². The normalized spacial score (nSPS) is 12.1. The van der Waals surface area contributed by atoms with Gasteiger partial charge in [-0.1, -0.05) is 144 Å². The van der Waals surface area contributed by atoms with Crippen molar-refractivity contribution in [2.24, 2.45) is 0 Å². The van der Waals surface area contributed by atoms with E-state index in [2.05, 4.69) is 180 Å². The number of hydrogen-bond donors (Lipinski definition) is 6. The highest BCUT2D eigenvalue weighted by atomic mass is 16.4. The molecular weight excluding hydrogens is 1510 g/mol. The SMILES string of the molecule is O=C(O)c1ccc(C#Cc2ccc(-c3cc4c(cc3-c3ccc(C#Cc5ccc(C(=O)O)cc5)cc3)C3c5cc(-c6ccc(C#Cc7ccc(C(=O)O)cc7)cc6)c(-c6ccc(C#Cc7ccc(C(=O)O)cc7)cc6)cc5C4c4cc(-c5ccc(C#Cc6ccc(C(=O)O)cc6)cc5)c(-c5ccc(C#Cc6ccc(C(=O)O)cc6)cc5)cc43)cc2)cc1. The number of carbonyl (C=O) groups is 6. The molecule has 0 saturated heterocycles. The quantitative estimate of drug-likeness (QED) is 0.0629. The van der Waals surface area contributed by atoms with Crippen molar-refractivity contribution in [3.8, 4) is 138 Å². The van der Waals surface area contributed by atoms with Gasteiger partial charge in [0, 0.05) is 78.6 Å². The van der Waals surface area contributed by atoms with E-state index in [0.29, 0.717) is 33.4 Å². The minimum atomic E-state index is -1.03. The van der Waals surface area contributed by atoms with Gasteiger partial charge in [-0.05, 0) is 355 Å². The average molecular weight is 1580 g/mol. The zero-order valence-electron chi connectivity index (χ0n) is 64.5. The van der Waals surface area contributed by atoms with Gasteiger partial charge < -0.3 is 30.6 Å². The first kappa shape index (κ1) is 77.1. The summed E-state index contributed by atoms with van der Waals surface area (Å²) in [6.07, 6.45) is 0. The minimum absolute atomic E-state index is 0.161. The van der Waals surface area contributed by atoms with Crippen molar-refractivity contribution in [2.75, 3.05) is 0 Å². The lowest BCUT2D eigenvalue weighted by atomic mass is 9.59. The molecule has 0 aliphatic heterocycles. The summed E-state index contributed by atoms with van der Waals surface area (Å²) in [7, 11) is 0. The summed E-state index contributed by atoms with van der Waals surface area (Å²) in [5.41, 5.74) is 27.0. The highest BCUT2D eigenvalue weighted by Gasteiger charge is 2.44. The first-order chi connectivity index (χ1) is 59.3. The summed E-state index contributed by atoms with van der Waals surface area (Å²) in [5, 5.41) is 57.7. The molecule has 6 N–H and O–H groups in total. The number of hydrogen-bond acceptors (Lipinski definition) is 6. The Hall–Kier alpha value is -17.5. The predicted octanol–water partition coefficient (Wildman–Crippen LogP) is 21.3. The van der Waals surface area contributed by atoms with E-state index in [1.54, 1.807) is 72.8 Å². The van der Waals surface area contributed by atoms with E-state index >= 15 is 0 Å². The largest absolute Gasteiger partial charge is 0.478 e. The molecule has 3 aliphatic rings. The van der Waals surface area contributed by atoms with Crippen molar-refractivity contribution in [3.63, 3.8) is 0 Å². The Balaban J connectivity index is 0.869. The Morgan fingerprint density at radius 2 is 0.254 bits per heavy atom. The van der Waals surface area contributed by atoms with Crippen LogP contribution in [0.1, 0.15) is 174 Å². The molecule has 2 bridgehead atoms. The molecule has 0 saturated carbocycles. The summed E-state index contributed by atoms with van der Waals surface area (Å²) in [4.78, 5) is 70.4. The third kappa shape index (κ3) is 16.6. The number of benzene rings is 15. The molecule has 0 aromatic heterocycles. The maximum Gasteiger partial charge on any atom is 0.335 e. The van der Waals surface area contributed by atoms with Crippen LogP contribution in [0.4, 0.5) is 0 Å². The lowest BCUT2D eigenvalue weighted by Gasteiger charge is -2.44. The number of carboxylic acids is 6. The monoisotopic (exact) mass is 1570 g/mol. The van der Waals surface area contributed by atoms with Crippen LogP contribution < -0.4 is 0 Å².